The van der Waals surface area contributed by atoms with Gasteiger partial charge in [0.25, 0.3) is 0 Å². The molecule has 16 heavy (non-hydrogen) atoms. The van der Waals surface area contributed by atoms with Crippen LogP contribution in [0.3, 0.4) is 0 Å². The Morgan fingerprint density at radius 2 is 2.25 bits per heavy atom. The molecule has 84 valence electrons. The Kier molecular flexibility index (Phi) is 3.91. The Balaban J connectivity index is 1.81. The second-order valence-electron chi connectivity index (χ2n) is 3.37. The van der Waals surface area contributed by atoms with Crippen molar-refractivity contribution in [3.8, 4) is 5.75 Å². The Morgan fingerprint density at radius 1 is 1.31 bits per heavy atom. The lowest BCUT2D eigenvalue weighted by atomic mass is 10.2. The maximum atomic E-state index is 8.83. The lowest BCUT2D eigenvalue weighted by Gasteiger charge is -2.05. The summed E-state index contributed by atoms with van der Waals surface area (Å²) in [5, 5.41) is 13.0. The Labute approximate surface area is 98.4 Å². The number of hydrogen-bond acceptors (Lipinski definition) is 4. The molecular formula is C12H13NO2S. The van der Waals surface area contributed by atoms with Gasteiger partial charge in [-0.15, -0.1) is 0 Å². The van der Waals surface area contributed by atoms with Crippen LogP contribution in [0.4, 0.5) is 0 Å². The molecule has 3 nitrogen and oxygen atoms in total. The highest BCUT2D eigenvalue weighted by Crippen LogP contribution is 2.11. The summed E-state index contributed by atoms with van der Waals surface area (Å²) < 4.78 is 5.54. The summed E-state index contributed by atoms with van der Waals surface area (Å²) in [6.45, 7) is 0.617. The van der Waals surface area contributed by atoms with Crippen molar-refractivity contribution in [1.82, 2.24) is 4.98 Å². The monoisotopic (exact) mass is 235 g/mol. The van der Waals surface area contributed by atoms with Crippen molar-refractivity contribution in [2.45, 2.75) is 13.0 Å². The molecule has 0 aliphatic rings. The average molecular weight is 235 g/mol. The average Bonchev–Trinajstić information content (AvgIpc) is 2.83. The zero-order chi connectivity index (χ0) is 11.2. The predicted molar refractivity (Wildman–Crippen MR) is 63.7 cm³/mol. The van der Waals surface area contributed by atoms with Crippen LogP contribution >= 0.6 is 11.3 Å². The van der Waals surface area contributed by atoms with Crippen molar-refractivity contribution in [3.63, 3.8) is 0 Å². The van der Waals surface area contributed by atoms with Crippen LogP contribution in [0.1, 0.15) is 11.3 Å². The van der Waals surface area contributed by atoms with Gasteiger partial charge in [0.2, 0.25) is 0 Å². The predicted octanol–water partition coefficient (Wildman–Crippen LogP) is 2.26. The maximum Gasteiger partial charge on any atom is 0.137 e. The van der Waals surface area contributed by atoms with E-state index in [4.69, 9.17) is 9.84 Å². The van der Waals surface area contributed by atoms with Gasteiger partial charge in [-0.2, -0.15) is 11.3 Å². The van der Waals surface area contributed by atoms with Gasteiger partial charge in [0.05, 0.1) is 25.1 Å². The van der Waals surface area contributed by atoms with E-state index < -0.39 is 0 Å². The summed E-state index contributed by atoms with van der Waals surface area (Å²) >= 11 is 1.70. The third-order valence-electron chi connectivity index (χ3n) is 2.20. The number of nitrogens with zero attached hydrogens (tertiary/aromatic N) is 1. The normalized spacial score (nSPS) is 10.3. The van der Waals surface area contributed by atoms with Gasteiger partial charge in [-0.3, -0.25) is 4.98 Å². The Hall–Kier alpha value is -1.39. The number of aromatic nitrogens is 1. The Bertz CT molecular complexity index is 411. The smallest absolute Gasteiger partial charge is 0.137 e. The third-order valence-corrected chi connectivity index (χ3v) is 2.93. The van der Waals surface area contributed by atoms with Gasteiger partial charge < -0.3 is 9.84 Å². The first-order chi connectivity index (χ1) is 7.88. The first-order valence-corrected chi connectivity index (χ1v) is 6.02. The first-order valence-electron chi connectivity index (χ1n) is 5.08. The van der Waals surface area contributed by atoms with Crippen LogP contribution in [-0.4, -0.2) is 16.7 Å². The van der Waals surface area contributed by atoms with Crippen LogP contribution in [0.2, 0.25) is 0 Å². The summed E-state index contributed by atoms with van der Waals surface area (Å²) in [5.74, 6) is 0.743. The van der Waals surface area contributed by atoms with E-state index in [1.54, 1.807) is 23.6 Å². The van der Waals surface area contributed by atoms with Crippen molar-refractivity contribution in [2.24, 2.45) is 0 Å². The van der Waals surface area contributed by atoms with Crippen LogP contribution < -0.4 is 4.74 Å². The minimum absolute atomic E-state index is 0.0326. The van der Waals surface area contributed by atoms with Crippen molar-refractivity contribution in [2.75, 3.05) is 6.61 Å². The van der Waals surface area contributed by atoms with Gasteiger partial charge in [0.1, 0.15) is 5.75 Å². The molecule has 2 heterocycles. The van der Waals surface area contributed by atoms with Crippen LogP contribution in [0.15, 0.2) is 35.2 Å². The van der Waals surface area contributed by atoms with Crippen LogP contribution in [0.25, 0.3) is 0 Å². The molecule has 2 aromatic rings. The van der Waals surface area contributed by atoms with E-state index in [2.05, 4.69) is 21.8 Å². The number of hydrogen-bond donors (Lipinski definition) is 1. The molecule has 0 spiro atoms. The zero-order valence-corrected chi connectivity index (χ0v) is 9.61. The van der Waals surface area contributed by atoms with Gasteiger partial charge >= 0.3 is 0 Å². The van der Waals surface area contributed by atoms with Crippen molar-refractivity contribution in [1.29, 1.82) is 0 Å². The van der Waals surface area contributed by atoms with E-state index >= 15 is 0 Å². The molecule has 0 saturated carbocycles. The molecule has 0 saturated heterocycles. The molecule has 1 N–H and O–H groups in total. The van der Waals surface area contributed by atoms with E-state index in [-0.39, 0.29) is 6.61 Å². The molecule has 0 aromatic carbocycles. The van der Waals surface area contributed by atoms with E-state index in [1.165, 1.54) is 5.56 Å². The largest absolute Gasteiger partial charge is 0.492 e. The summed E-state index contributed by atoms with van der Waals surface area (Å²) in [6, 6.07) is 5.69. The van der Waals surface area contributed by atoms with E-state index in [0.717, 1.165) is 12.2 Å². The summed E-state index contributed by atoms with van der Waals surface area (Å²) in [5.41, 5.74) is 1.95. The molecule has 0 aliphatic carbocycles. The highest BCUT2D eigenvalue weighted by Gasteiger charge is 1.97. The topological polar surface area (TPSA) is 42.4 Å². The van der Waals surface area contributed by atoms with Crippen LogP contribution in [0.5, 0.6) is 5.75 Å². The minimum atomic E-state index is -0.0326. The molecule has 4 heteroatoms. The van der Waals surface area contributed by atoms with Gasteiger partial charge in [0, 0.05) is 6.42 Å². The molecule has 0 radical (unpaired) electrons. The summed E-state index contributed by atoms with van der Waals surface area (Å²) in [4.78, 5) is 4.04. The number of aliphatic hydroxyl groups excluding tert-OH is 1. The van der Waals surface area contributed by atoms with Crippen molar-refractivity contribution < 1.29 is 9.84 Å². The maximum absolute atomic E-state index is 8.83. The van der Waals surface area contributed by atoms with Crippen LogP contribution in [0, 0.1) is 0 Å². The fraction of sp³-hybridized carbons (Fsp3) is 0.250. The lowest BCUT2D eigenvalue weighted by molar-refractivity contribution is 0.275. The molecular weight excluding hydrogens is 222 g/mol. The number of ether oxygens (including phenoxy) is 1. The number of rotatable bonds is 5. The quantitative estimate of drug-likeness (QED) is 0.864. The Morgan fingerprint density at radius 3 is 2.88 bits per heavy atom. The molecule has 0 fully saturated rings. The molecule has 2 rings (SSSR count). The summed E-state index contributed by atoms with van der Waals surface area (Å²) in [6.07, 6.45) is 2.55. The van der Waals surface area contributed by atoms with Gasteiger partial charge in [-0.25, -0.2) is 0 Å². The molecule has 0 aliphatic heterocycles. The van der Waals surface area contributed by atoms with Crippen molar-refractivity contribution >= 4 is 11.3 Å². The summed E-state index contributed by atoms with van der Waals surface area (Å²) in [7, 11) is 0. The number of thiophene rings is 1. The SMILES string of the molecule is OCc1ccc(OCCc2ccsc2)cn1. The van der Waals surface area contributed by atoms with Gasteiger partial charge in [-0.1, -0.05) is 0 Å². The fourth-order valence-corrected chi connectivity index (χ4v) is 2.01. The highest BCUT2D eigenvalue weighted by molar-refractivity contribution is 7.07. The molecule has 2 aromatic heterocycles. The molecule has 0 bridgehead atoms. The second-order valence-corrected chi connectivity index (χ2v) is 4.15. The van der Waals surface area contributed by atoms with E-state index in [1.807, 2.05) is 6.07 Å². The fourth-order valence-electron chi connectivity index (χ4n) is 1.31. The molecule has 0 unspecified atom stereocenters. The zero-order valence-electron chi connectivity index (χ0n) is 8.80. The second kappa shape index (κ2) is 5.63. The van der Waals surface area contributed by atoms with E-state index in [9.17, 15) is 0 Å². The van der Waals surface area contributed by atoms with Gasteiger partial charge in [-0.05, 0) is 34.5 Å². The molecule has 0 atom stereocenters. The lowest BCUT2D eigenvalue weighted by Crippen LogP contribution is -2.01. The number of aliphatic hydroxyl groups is 1. The molecule has 0 amide bonds. The van der Waals surface area contributed by atoms with Gasteiger partial charge in [0.15, 0.2) is 0 Å². The first kappa shape index (κ1) is 11.1. The van der Waals surface area contributed by atoms with Crippen LogP contribution in [-0.2, 0) is 13.0 Å². The van der Waals surface area contributed by atoms with Crippen molar-refractivity contribution in [3.05, 3.63) is 46.4 Å². The standard InChI is InChI=1S/C12H13NO2S/c14-8-11-1-2-12(7-13-11)15-5-3-10-4-6-16-9-10/h1-2,4,6-7,9,14H,3,5,8H2. The number of pyridine rings is 1. The third kappa shape index (κ3) is 3.05. The van der Waals surface area contributed by atoms with E-state index in [0.29, 0.717) is 12.3 Å². The highest BCUT2D eigenvalue weighted by atomic mass is 32.1. The minimum Gasteiger partial charge on any atom is -0.492 e.